The number of hydrogen-bond donors (Lipinski definition) is 0. The fourth-order valence-electron chi connectivity index (χ4n) is 2.05. The van der Waals surface area contributed by atoms with E-state index in [-0.39, 0.29) is 16.6 Å². The summed E-state index contributed by atoms with van der Waals surface area (Å²) in [5, 5.41) is 0. The average Bonchev–Trinajstić information content (AvgIpc) is 2.19. The highest BCUT2D eigenvalue weighted by Gasteiger charge is 2.28. The van der Waals surface area contributed by atoms with Crippen LogP contribution in [0.2, 0.25) is 0 Å². The Kier molecular flexibility index (Phi) is 3.71. The summed E-state index contributed by atoms with van der Waals surface area (Å²) in [7, 11) is 0. The van der Waals surface area contributed by atoms with Crippen molar-refractivity contribution in [1.29, 1.82) is 0 Å². The lowest BCUT2D eigenvalue weighted by Gasteiger charge is -2.32. The Morgan fingerprint density at radius 3 is 1.94 bits per heavy atom. The molecule has 0 aromatic heterocycles. The quantitative estimate of drug-likeness (QED) is 0.668. The number of rotatable bonds is 2. The predicted octanol–water partition coefficient (Wildman–Crippen LogP) is 5.12. The zero-order valence-electron chi connectivity index (χ0n) is 12.2. The normalized spacial score (nSPS) is 12.9. The molecule has 0 bridgehead atoms. The maximum Gasteiger partial charge on any atom is 0.126 e. The van der Waals surface area contributed by atoms with E-state index in [9.17, 15) is 4.39 Å². The zero-order valence-corrected chi connectivity index (χ0v) is 12.2. The van der Waals surface area contributed by atoms with Crippen LogP contribution >= 0.6 is 0 Å². The molecule has 0 saturated heterocycles. The van der Waals surface area contributed by atoms with Crippen LogP contribution in [0, 0.1) is 12.7 Å². The van der Waals surface area contributed by atoms with Crippen molar-refractivity contribution in [2.45, 2.75) is 65.7 Å². The predicted molar refractivity (Wildman–Crippen MR) is 73.2 cm³/mol. The standard InChI is InChI=1S/C16H25F/c1-8-16(6,7)13-9-11(2)14(17)10-12(13)15(3,4)5/h9-10H,8H2,1-7H3. The number of benzene rings is 1. The van der Waals surface area contributed by atoms with Crippen molar-refractivity contribution in [2.24, 2.45) is 0 Å². The van der Waals surface area contributed by atoms with Gasteiger partial charge in [0, 0.05) is 0 Å². The first-order chi connectivity index (χ1) is 7.59. The lowest BCUT2D eigenvalue weighted by molar-refractivity contribution is 0.474. The molecule has 0 radical (unpaired) electrons. The van der Waals surface area contributed by atoms with Gasteiger partial charge in [-0.2, -0.15) is 0 Å². The first-order valence-electron chi connectivity index (χ1n) is 6.40. The van der Waals surface area contributed by atoms with E-state index in [1.807, 2.05) is 13.0 Å². The second-order valence-electron chi connectivity index (χ2n) is 6.63. The van der Waals surface area contributed by atoms with E-state index in [1.165, 1.54) is 5.56 Å². The third-order valence-corrected chi connectivity index (χ3v) is 3.72. The van der Waals surface area contributed by atoms with Crippen LogP contribution in [0.5, 0.6) is 0 Å². The molecule has 1 aromatic rings. The molecule has 17 heavy (non-hydrogen) atoms. The first kappa shape index (κ1) is 14.2. The van der Waals surface area contributed by atoms with E-state index >= 15 is 0 Å². The minimum absolute atomic E-state index is 0.0175. The number of hydrogen-bond acceptors (Lipinski definition) is 0. The van der Waals surface area contributed by atoms with Crippen molar-refractivity contribution in [3.05, 3.63) is 34.6 Å². The highest BCUT2D eigenvalue weighted by Crippen LogP contribution is 2.37. The Labute approximate surface area is 105 Å². The van der Waals surface area contributed by atoms with E-state index < -0.39 is 0 Å². The van der Waals surface area contributed by atoms with Crippen LogP contribution in [0.15, 0.2) is 12.1 Å². The minimum atomic E-state index is -0.0921. The first-order valence-corrected chi connectivity index (χ1v) is 6.40. The largest absolute Gasteiger partial charge is 0.207 e. The van der Waals surface area contributed by atoms with Crippen LogP contribution in [-0.4, -0.2) is 0 Å². The second-order valence-corrected chi connectivity index (χ2v) is 6.63. The van der Waals surface area contributed by atoms with Gasteiger partial charge in [0.05, 0.1) is 0 Å². The van der Waals surface area contributed by atoms with E-state index in [2.05, 4.69) is 41.5 Å². The third kappa shape index (κ3) is 2.88. The van der Waals surface area contributed by atoms with Gasteiger partial charge in [-0.25, -0.2) is 4.39 Å². The Morgan fingerprint density at radius 2 is 1.53 bits per heavy atom. The van der Waals surface area contributed by atoms with Gasteiger partial charge in [-0.05, 0) is 46.9 Å². The zero-order chi connectivity index (χ0) is 13.4. The van der Waals surface area contributed by atoms with Gasteiger partial charge in [-0.1, -0.05) is 47.6 Å². The van der Waals surface area contributed by atoms with Crippen LogP contribution in [0.4, 0.5) is 4.39 Å². The summed E-state index contributed by atoms with van der Waals surface area (Å²) in [4.78, 5) is 0. The van der Waals surface area contributed by atoms with Crippen LogP contribution in [-0.2, 0) is 10.8 Å². The molecular weight excluding hydrogens is 211 g/mol. The molecule has 1 rings (SSSR count). The van der Waals surface area contributed by atoms with Gasteiger partial charge in [0.25, 0.3) is 0 Å². The Bertz CT molecular complexity index is 408. The van der Waals surface area contributed by atoms with Gasteiger partial charge in [0.2, 0.25) is 0 Å². The molecule has 0 aliphatic carbocycles. The van der Waals surface area contributed by atoms with E-state index in [0.717, 1.165) is 17.5 Å². The Balaban J connectivity index is 3.53. The summed E-state index contributed by atoms with van der Waals surface area (Å²) in [5.41, 5.74) is 3.24. The monoisotopic (exact) mass is 236 g/mol. The molecule has 0 fully saturated rings. The minimum Gasteiger partial charge on any atom is -0.207 e. The van der Waals surface area contributed by atoms with Crippen LogP contribution in [0.3, 0.4) is 0 Å². The smallest absolute Gasteiger partial charge is 0.126 e. The summed E-state index contributed by atoms with van der Waals surface area (Å²) in [5.74, 6) is -0.0921. The topological polar surface area (TPSA) is 0 Å². The number of halogens is 1. The Morgan fingerprint density at radius 1 is 1.00 bits per heavy atom. The molecule has 0 amide bonds. The molecule has 0 saturated carbocycles. The molecule has 0 unspecified atom stereocenters. The SMILES string of the molecule is CCC(C)(C)c1cc(C)c(F)cc1C(C)(C)C. The van der Waals surface area contributed by atoms with E-state index in [4.69, 9.17) is 0 Å². The summed E-state index contributed by atoms with van der Waals surface area (Å²) < 4.78 is 13.8. The second kappa shape index (κ2) is 4.44. The highest BCUT2D eigenvalue weighted by molar-refractivity contribution is 5.41. The van der Waals surface area contributed by atoms with Crippen molar-refractivity contribution >= 4 is 0 Å². The van der Waals surface area contributed by atoms with Gasteiger partial charge in [0.15, 0.2) is 0 Å². The molecule has 1 heteroatoms. The molecule has 1 aromatic carbocycles. The van der Waals surface area contributed by atoms with Gasteiger partial charge in [-0.3, -0.25) is 0 Å². The van der Waals surface area contributed by atoms with Gasteiger partial charge in [-0.15, -0.1) is 0 Å². The molecule has 0 atom stereocenters. The van der Waals surface area contributed by atoms with E-state index in [1.54, 1.807) is 6.07 Å². The molecule has 0 aliphatic rings. The lowest BCUT2D eigenvalue weighted by Crippen LogP contribution is -2.24. The van der Waals surface area contributed by atoms with Crippen molar-refractivity contribution in [3.63, 3.8) is 0 Å². The van der Waals surface area contributed by atoms with E-state index in [0.29, 0.717) is 0 Å². The van der Waals surface area contributed by atoms with Crippen molar-refractivity contribution in [1.82, 2.24) is 0 Å². The lowest BCUT2D eigenvalue weighted by atomic mass is 9.72. The fraction of sp³-hybridized carbons (Fsp3) is 0.625. The summed E-state index contributed by atoms with van der Waals surface area (Å²) >= 11 is 0. The molecule has 0 nitrogen and oxygen atoms in total. The van der Waals surface area contributed by atoms with Crippen molar-refractivity contribution in [2.75, 3.05) is 0 Å². The number of aryl methyl sites for hydroxylation is 1. The van der Waals surface area contributed by atoms with Gasteiger partial charge < -0.3 is 0 Å². The van der Waals surface area contributed by atoms with Crippen LogP contribution < -0.4 is 0 Å². The molecule has 0 spiro atoms. The fourth-order valence-corrected chi connectivity index (χ4v) is 2.05. The van der Waals surface area contributed by atoms with Gasteiger partial charge >= 0.3 is 0 Å². The van der Waals surface area contributed by atoms with Gasteiger partial charge in [0.1, 0.15) is 5.82 Å². The molecule has 96 valence electrons. The average molecular weight is 236 g/mol. The van der Waals surface area contributed by atoms with Crippen molar-refractivity contribution < 1.29 is 4.39 Å². The maximum absolute atomic E-state index is 13.8. The summed E-state index contributed by atoms with van der Waals surface area (Å²) in [6, 6.07) is 3.75. The molecule has 0 aliphatic heterocycles. The molecule has 0 heterocycles. The van der Waals surface area contributed by atoms with Crippen LogP contribution in [0.1, 0.15) is 64.7 Å². The molecular formula is C16H25F. The summed E-state index contributed by atoms with van der Waals surface area (Å²) in [6.07, 6.45) is 1.06. The highest BCUT2D eigenvalue weighted by atomic mass is 19.1. The van der Waals surface area contributed by atoms with Crippen LogP contribution in [0.25, 0.3) is 0 Å². The Hall–Kier alpha value is -0.850. The molecule has 0 N–H and O–H groups in total. The maximum atomic E-state index is 13.8. The third-order valence-electron chi connectivity index (χ3n) is 3.72. The van der Waals surface area contributed by atoms with Crippen molar-refractivity contribution in [3.8, 4) is 0 Å². The summed E-state index contributed by atoms with van der Waals surface area (Å²) in [6.45, 7) is 14.9.